The number of nitrogens with one attached hydrogen (secondary N) is 2. The maximum atomic E-state index is 12.0. The smallest absolute Gasteiger partial charge is 0.321 e. The van der Waals surface area contributed by atoms with Gasteiger partial charge in [-0.2, -0.15) is 0 Å². The summed E-state index contributed by atoms with van der Waals surface area (Å²) in [6.07, 6.45) is 8.89. The molecular formula is C16H18N6OS. The number of pyridine rings is 1. The average Bonchev–Trinajstić information content (AvgIpc) is 3.26. The van der Waals surface area contributed by atoms with Crippen LogP contribution in [0.5, 0.6) is 0 Å². The zero-order chi connectivity index (χ0) is 16.8. The van der Waals surface area contributed by atoms with Gasteiger partial charge in [0.25, 0.3) is 0 Å². The molecule has 0 aliphatic carbocycles. The highest BCUT2D eigenvalue weighted by Crippen LogP contribution is 2.23. The first kappa shape index (κ1) is 16.1. The Balaban J connectivity index is 1.47. The van der Waals surface area contributed by atoms with E-state index in [2.05, 4.69) is 32.5 Å². The molecule has 124 valence electrons. The zero-order valence-corrected chi connectivity index (χ0v) is 14.0. The van der Waals surface area contributed by atoms with Gasteiger partial charge in [-0.15, -0.1) is 11.3 Å². The first-order valence-electron chi connectivity index (χ1n) is 7.57. The summed E-state index contributed by atoms with van der Waals surface area (Å²) >= 11 is 1.39. The van der Waals surface area contributed by atoms with Crippen LogP contribution >= 0.6 is 11.3 Å². The fraction of sp³-hybridized carbons (Fsp3) is 0.250. The molecule has 0 fully saturated rings. The van der Waals surface area contributed by atoms with E-state index in [4.69, 9.17) is 0 Å². The van der Waals surface area contributed by atoms with E-state index in [1.807, 2.05) is 28.3 Å². The van der Waals surface area contributed by atoms with Gasteiger partial charge in [-0.3, -0.25) is 10.3 Å². The number of imidazole rings is 1. The third-order valence-corrected chi connectivity index (χ3v) is 4.13. The highest BCUT2D eigenvalue weighted by atomic mass is 32.1. The standard InChI is InChI=1S/C16H18N6OS/c1-12(9-22-6-5-18-11-22)7-19-15(23)21-16-20-14(10-24-16)13-3-2-4-17-8-13/h2-6,8,10-12H,7,9H2,1H3,(H2,19,20,21,23)/t12-/m0/s1. The Kier molecular flexibility index (Phi) is 5.17. The third kappa shape index (κ3) is 4.39. The highest BCUT2D eigenvalue weighted by Gasteiger charge is 2.09. The van der Waals surface area contributed by atoms with Crippen LogP contribution in [0, 0.1) is 5.92 Å². The van der Waals surface area contributed by atoms with Crippen LogP contribution in [0.15, 0.2) is 48.6 Å². The predicted octanol–water partition coefficient (Wildman–Crippen LogP) is 2.86. The summed E-state index contributed by atoms with van der Waals surface area (Å²) in [5.74, 6) is 0.298. The molecule has 0 bridgehead atoms. The molecule has 0 aliphatic heterocycles. The van der Waals surface area contributed by atoms with Gasteiger partial charge < -0.3 is 9.88 Å². The molecule has 0 aromatic carbocycles. The van der Waals surface area contributed by atoms with Crippen molar-refractivity contribution in [1.82, 2.24) is 24.8 Å². The number of nitrogens with zero attached hydrogens (tertiary/aromatic N) is 4. The molecule has 0 spiro atoms. The summed E-state index contributed by atoms with van der Waals surface area (Å²) in [7, 11) is 0. The fourth-order valence-electron chi connectivity index (χ4n) is 2.21. The molecular weight excluding hydrogens is 324 g/mol. The topological polar surface area (TPSA) is 84.7 Å². The molecule has 0 unspecified atom stereocenters. The Hall–Kier alpha value is -2.74. The van der Waals surface area contributed by atoms with Crippen molar-refractivity contribution in [2.75, 3.05) is 11.9 Å². The maximum absolute atomic E-state index is 12.0. The van der Waals surface area contributed by atoms with Gasteiger partial charge in [0.15, 0.2) is 5.13 Å². The van der Waals surface area contributed by atoms with Crippen molar-refractivity contribution >= 4 is 22.5 Å². The van der Waals surface area contributed by atoms with Crippen molar-refractivity contribution in [3.8, 4) is 11.3 Å². The molecule has 0 saturated heterocycles. The minimum atomic E-state index is -0.250. The van der Waals surface area contributed by atoms with Crippen LogP contribution in [-0.4, -0.2) is 32.1 Å². The zero-order valence-electron chi connectivity index (χ0n) is 13.2. The number of anilines is 1. The van der Waals surface area contributed by atoms with Gasteiger partial charge in [-0.1, -0.05) is 6.92 Å². The maximum Gasteiger partial charge on any atom is 0.321 e. The van der Waals surface area contributed by atoms with Crippen LogP contribution in [0.25, 0.3) is 11.3 Å². The van der Waals surface area contributed by atoms with E-state index in [0.29, 0.717) is 17.6 Å². The Labute approximate surface area is 143 Å². The fourth-order valence-corrected chi connectivity index (χ4v) is 2.92. The van der Waals surface area contributed by atoms with Gasteiger partial charge >= 0.3 is 6.03 Å². The van der Waals surface area contributed by atoms with E-state index in [1.165, 1.54) is 11.3 Å². The third-order valence-electron chi connectivity index (χ3n) is 3.37. The van der Waals surface area contributed by atoms with Crippen LogP contribution < -0.4 is 10.6 Å². The predicted molar refractivity (Wildman–Crippen MR) is 93.8 cm³/mol. The number of rotatable bonds is 6. The van der Waals surface area contributed by atoms with Gasteiger partial charge in [0.05, 0.1) is 12.0 Å². The van der Waals surface area contributed by atoms with E-state index in [-0.39, 0.29) is 6.03 Å². The molecule has 24 heavy (non-hydrogen) atoms. The summed E-state index contributed by atoms with van der Waals surface area (Å²) < 4.78 is 1.99. The highest BCUT2D eigenvalue weighted by molar-refractivity contribution is 7.14. The summed E-state index contributed by atoms with van der Waals surface area (Å²) in [6, 6.07) is 3.54. The van der Waals surface area contributed by atoms with E-state index in [1.54, 1.807) is 24.9 Å². The molecule has 8 heteroatoms. The Morgan fingerprint density at radius 3 is 3.04 bits per heavy atom. The number of urea groups is 1. The molecule has 3 heterocycles. The van der Waals surface area contributed by atoms with Crippen molar-refractivity contribution in [1.29, 1.82) is 0 Å². The second kappa shape index (κ2) is 7.69. The molecule has 3 aromatic rings. The lowest BCUT2D eigenvalue weighted by atomic mass is 10.2. The Morgan fingerprint density at radius 1 is 1.38 bits per heavy atom. The van der Waals surface area contributed by atoms with Crippen molar-refractivity contribution in [2.45, 2.75) is 13.5 Å². The van der Waals surface area contributed by atoms with Gasteiger partial charge in [0.2, 0.25) is 0 Å². The van der Waals surface area contributed by atoms with Crippen LogP contribution in [0.4, 0.5) is 9.93 Å². The monoisotopic (exact) mass is 342 g/mol. The van der Waals surface area contributed by atoms with Crippen molar-refractivity contribution in [3.05, 3.63) is 48.6 Å². The van der Waals surface area contributed by atoms with Crippen LogP contribution in [-0.2, 0) is 6.54 Å². The number of carbonyl (C=O) groups excluding carboxylic acids is 1. The molecule has 0 saturated carbocycles. The summed E-state index contributed by atoms with van der Waals surface area (Å²) in [5, 5.41) is 8.09. The summed E-state index contributed by atoms with van der Waals surface area (Å²) in [4.78, 5) is 24.5. The van der Waals surface area contributed by atoms with Crippen molar-refractivity contribution in [2.24, 2.45) is 5.92 Å². The van der Waals surface area contributed by atoms with E-state index >= 15 is 0 Å². The first-order valence-corrected chi connectivity index (χ1v) is 8.45. The Bertz CT molecular complexity index is 771. The first-order chi connectivity index (χ1) is 11.7. The molecule has 1 atom stereocenters. The summed E-state index contributed by atoms with van der Waals surface area (Å²) in [6.45, 7) is 3.46. The number of carbonyl (C=O) groups is 1. The molecule has 2 amide bonds. The van der Waals surface area contributed by atoms with Crippen LogP contribution in [0.2, 0.25) is 0 Å². The van der Waals surface area contributed by atoms with E-state index < -0.39 is 0 Å². The van der Waals surface area contributed by atoms with Crippen molar-refractivity contribution < 1.29 is 4.79 Å². The number of thiazole rings is 1. The molecule has 0 radical (unpaired) electrons. The average molecular weight is 342 g/mol. The van der Waals surface area contributed by atoms with Crippen LogP contribution in [0.3, 0.4) is 0 Å². The molecule has 0 aliphatic rings. The number of hydrogen-bond acceptors (Lipinski definition) is 5. The Morgan fingerprint density at radius 2 is 2.29 bits per heavy atom. The number of hydrogen-bond donors (Lipinski definition) is 2. The van der Waals surface area contributed by atoms with Crippen LogP contribution in [0.1, 0.15) is 6.92 Å². The molecule has 3 aromatic heterocycles. The molecule has 7 nitrogen and oxygen atoms in total. The lowest BCUT2D eigenvalue weighted by Crippen LogP contribution is -2.33. The minimum Gasteiger partial charge on any atom is -0.337 e. The van der Waals surface area contributed by atoms with Gasteiger partial charge in [-0.05, 0) is 18.1 Å². The minimum absolute atomic E-state index is 0.250. The largest absolute Gasteiger partial charge is 0.337 e. The molecule has 3 rings (SSSR count). The lowest BCUT2D eigenvalue weighted by Gasteiger charge is -2.13. The molecule has 2 N–H and O–H groups in total. The second-order valence-electron chi connectivity index (χ2n) is 5.48. The van der Waals surface area contributed by atoms with Crippen molar-refractivity contribution in [3.63, 3.8) is 0 Å². The van der Waals surface area contributed by atoms with E-state index in [9.17, 15) is 4.79 Å². The number of amides is 2. The van der Waals surface area contributed by atoms with E-state index in [0.717, 1.165) is 17.8 Å². The summed E-state index contributed by atoms with van der Waals surface area (Å²) in [5.41, 5.74) is 1.73. The normalized spacial score (nSPS) is 11.9. The second-order valence-corrected chi connectivity index (χ2v) is 6.34. The van der Waals surface area contributed by atoms with Gasteiger partial charge in [0.1, 0.15) is 0 Å². The van der Waals surface area contributed by atoms with Gasteiger partial charge in [-0.25, -0.2) is 14.8 Å². The number of aromatic nitrogens is 4. The van der Waals surface area contributed by atoms with Gasteiger partial charge in [0, 0.05) is 48.8 Å². The lowest BCUT2D eigenvalue weighted by molar-refractivity contribution is 0.250. The quantitative estimate of drug-likeness (QED) is 0.721. The SMILES string of the molecule is C[C@@H](CNC(=O)Nc1nc(-c2cccnc2)cs1)Cn1ccnc1.